The number of carboxylic acid groups (broad SMARTS) is 1. The van der Waals surface area contributed by atoms with Crippen molar-refractivity contribution in [1.29, 1.82) is 0 Å². The highest BCUT2D eigenvalue weighted by atomic mass is 32.1. The van der Waals surface area contributed by atoms with Crippen LogP contribution in [0.3, 0.4) is 0 Å². The molecule has 0 atom stereocenters. The fraction of sp³-hybridized carbons (Fsp3) is 0.231. The van der Waals surface area contributed by atoms with Gasteiger partial charge < -0.3 is 20.1 Å². The van der Waals surface area contributed by atoms with Gasteiger partial charge in [0, 0.05) is 24.2 Å². The van der Waals surface area contributed by atoms with Crippen molar-refractivity contribution in [3.63, 3.8) is 0 Å². The Balaban J connectivity index is 1.68. The SMILES string of the molecule is O=C(O)c1ccc(OCCNCc2csc(=O)[nH]2)cc1. The number of thiazole rings is 1. The van der Waals surface area contributed by atoms with E-state index in [1.165, 1.54) is 12.1 Å². The van der Waals surface area contributed by atoms with Crippen LogP contribution in [0.25, 0.3) is 0 Å². The quantitative estimate of drug-likeness (QED) is 0.670. The first kappa shape index (κ1) is 14.3. The molecule has 0 amide bonds. The van der Waals surface area contributed by atoms with Crippen LogP contribution in [0.1, 0.15) is 16.1 Å². The molecule has 1 aromatic heterocycles. The van der Waals surface area contributed by atoms with Crippen LogP contribution in [-0.2, 0) is 6.54 Å². The molecule has 0 bridgehead atoms. The van der Waals surface area contributed by atoms with Gasteiger partial charge in [-0.2, -0.15) is 0 Å². The van der Waals surface area contributed by atoms with E-state index in [9.17, 15) is 9.59 Å². The molecule has 2 aromatic rings. The zero-order chi connectivity index (χ0) is 14.4. The third-order valence-electron chi connectivity index (χ3n) is 2.54. The van der Waals surface area contributed by atoms with Gasteiger partial charge in [-0.15, -0.1) is 0 Å². The van der Waals surface area contributed by atoms with Crippen molar-refractivity contribution >= 4 is 17.3 Å². The topological polar surface area (TPSA) is 91.4 Å². The largest absolute Gasteiger partial charge is 0.492 e. The number of hydrogen-bond acceptors (Lipinski definition) is 5. The summed E-state index contributed by atoms with van der Waals surface area (Å²) in [5.41, 5.74) is 1.09. The van der Waals surface area contributed by atoms with Crippen LogP contribution in [0.4, 0.5) is 0 Å². The predicted octanol–water partition coefficient (Wildman–Crippen LogP) is 1.30. The van der Waals surface area contributed by atoms with Crippen molar-refractivity contribution < 1.29 is 14.6 Å². The molecule has 3 N–H and O–H groups in total. The molecule has 0 unspecified atom stereocenters. The lowest BCUT2D eigenvalue weighted by molar-refractivity contribution is 0.0697. The number of aromatic carboxylic acids is 1. The average Bonchev–Trinajstić information content (AvgIpc) is 2.84. The molecule has 1 heterocycles. The van der Waals surface area contributed by atoms with Crippen molar-refractivity contribution in [3.8, 4) is 5.75 Å². The smallest absolute Gasteiger partial charge is 0.335 e. The second kappa shape index (κ2) is 6.88. The summed E-state index contributed by atoms with van der Waals surface area (Å²) >= 11 is 1.14. The minimum absolute atomic E-state index is 0.0587. The van der Waals surface area contributed by atoms with Crippen molar-refractivity contribution in [1.82, 2.24) is 10.3 Å². The van der Waals surface area contributed by atoms with Gasteiger partial charge in [-0.3, -0.25) is 4.79 Å². The van der Waals surface area contributed by atoms with Gasteiger partial charge >= 0.3 is 10.8 Å². The molecule has 0 fully saturated rings. The summed E-state index contributed by atoms with van der Waals surface area (Å²) in [4.78, 5) is 24.2. The normalized spacial score (nSPS) is 10.4. The van der Waals surface area contributed by atoms with Crippen molar-refractivity contribution in [2.45, 2.75) is 6.54 Å². The van der Waals surface area contributed by atoms with E-state index in [1.54, 1.807) is 17.5 Å². The van der Waals surface area contributed by atoms with Crippen molar-refractivity contribution in [2.24, 2.45) is 0 Å². The molecule has 0 saturated heterocycles. The van der Waals surface area contributed by atoms with E-state index in [2.05, 4.69) is 10.3 Å². The van der Waals surface area contributed by atoms with Crippen LogP contribution in [0, 0.1) is 0 Å². The second-order valence-corrected chi connectivity index (χ2v) is 4.87. The van der Waals surface area contributed by atoms with Gasteiger partial charge in [0.15, 0.2) is 0 Å². The van der Waals surface area contributed by atoms with E-state index < -0.39 is 5.97 Å². The van der Waals surface area contributed by atoms with E-state index in [-0.39, 0.29) is 10.4 Å². The zero-order valence-corrected chi connectivity index (χ0v) is 11.4. The molecular weight excluding hydrogens is 280 g/mol. The summed E-state index contributed by atoms with van der Waals surface area (Å²) in [6, 6.07) is 6.25. The molecule has 7 heteroatoms. The first-order valence-electron chi connectivity index (χ1n) is 5.99. The Bertz CT molecular complexity index is 618. The van der Waals surface area contributed by atoms with Gasteiger partial charge in [0.1, 0.15) is 12.4 Å². The Labute approximate surface area is 119 Å². The number of H-pyrrole nitrogens is 1. The number of benzene rings is 1. The highest BCUT2D eigenvalue weighted by Gasteiger charge is 2.02. The first-order valence-corrected chi connectivity index (χ1v) is 6.86. The fourth-order valence-electron chi connectivity index (χ4n) is 1.56. The molecule has 0 saturated carbocycles. The monoisotopic (exact) mass is 294 g/mol. The number of rotatable bonds is 7. The fourth-order valence-corrected chi connectivity index (χ4v) is 2.14. The lowest BCUT2D eigenvalue weighted by Gasteiger charge is -2.07. The number of hydrogen-bond donors (Lipinski definition) is 3. The third-order valence-corrected chi connectivity index (χ3v) is 3.25. The molecule has 0 aliphatic rings. The second-order valence-electron chi connectivity index (χ2n) is 4.03. The lowest BCUT2D eigenvalue weighted by atomic mass is 10.2. The number of nitrogens with one attached hydrogen (secondary N) is 2. The maximum absolute atomic E-state index is 10.9. The predicted molar refractivity (Wildman–Crippen MR) is 75.5 cm³/mol. The number of aromatic amines is 1. The van der Waals surface area contributed by atoms with Gasteiger partial charge in [0.25, 0.3) is 0 Å². The maximum atomic E-state index is 10.9. The Morgan fingerprint density at radius 1 is 1.35 bits per heavy atom. The summed E-state index contributed by atoms with van der Waals surface area (Å²) in [6.45, 7) is 1.67. The Morgan fingerprint density at radius 2 is 2.10 bits per heavy atom. The molecule has 1 aromatic carbocycles. The van der Waals surface area contributed by atoms with Crippen LogP contribution < -0.4 is 14.9 Å². The number of aromatic nitrogens is 1. The molecular formula is C13H14N2O4S. The summed E-state index contributed by atoms with van der Waals surface area (Å²) in [7, 11) is 0. The Kier molecular flexibility index (Phi) is 4.91. The Morgan fingerprint density at radius 3 is 2.70 bits per heavy atom. The molecule has 0 aliphatic carbocycles. The molecule has 0 radical (unpaired) electrons. The van der Waals surface area contributed by atoms with E-state index in [1.807, 2.05) is 0 Å². The van der Waals surface area contributed by atoms with Crippen LogP contribution in [0.5, 0.6) is 5.75 Å². The van der Waals surface area contributed by atoms with Gasteiger partial charge in [-0.1, -0.05) is 11.3 Å². The van der Waals surface area contributed by atoms with Crippen LogP contribution in [0.15, 0.2) is 34.4 Å². The number of carboxylic acids is 1. The summed E-state index contributed by atoms with van der Waals surface area (Å²) in [5, 5.41) is 13.7. The average molecular weight is 294 g/mol. The molecule has 20 heavy (non-hydrogen) atoms. The van der Waals surface area contributed by atoms with Crippen LogP contribution >= 0.6 is 11.3 Å². The molecule has 0 aliphatic heterocycles. The first-order chi connectivity index (χ1) is 9.65. The maximum Gasteiger partial charge on any atom is 0.335 e. The van der Waals surface area contributed by atoms with E-state index >= 15 is 0 Å². The summed E-state index contributed by atoms with van der Waals surface area (Å²) in [6.07, 6.45) is 0. The highest BCUT2D eigenvalue weighted by molar-refractivity contribution is 7.07. The number of ether oxygens (including phenoxy) is 1. The highest BCUT2D eigenvalue weighted by Crippen LogP contribution is 2.11. The van der Waals surface area contributed by atoms with Gasteiger partial charge in [-0.05, 0) is 24.3 Å². The Hall–Kier alpha value is -2.12. The van der Waals surface area contributed by atoms with Crippen LogP contribution in [0.2, 0.25) is 0 Å². The molecule has 0 spiro atoms. The van der Waals surface area contributed by atoms with Gasteiger partial charge in [0.2, 0.25) is 0 Å². The van der Waals surface area contributed by atoms with Crippen molar-refractivity contribution in [2.75, 3.05) is 13.2 Å². The van der Waals surface area contributed by atoms with Crippen LogP contribution in [-0.4, -0.2) is 29.2 Å². The minimum Gasteiger partial charge on any atom is -0.492 e. The van der Waals surface area contributed by atoms with E-state index in [0.717, 1.165) is 17.0 Å². The lowest BCUT2D eigenvalue weighted by Crippen LogP contribution is -2.21. The third kappa shape index (κ3) is 4.22. The van der Waals surface area contributed by atoms with Gasteiger partial charge in [-0.25, -0.2) is 4.79 Å². The summed E-state index contributed by atoms with van der Waals surface area (Å²) in [5.74, 6) is -0.330. The summed E-state index contributed by atoms with van der Waals surface area (Å²) < 4.78 is 5.46. The zero-order valence-electron chi connectivity index (χ0n) is 10.6. The molecule has 6 nitrogen and oxygen atoms in total. The molecule has 106 valence electrons. The number of carbonyl (C=O) groups is 1. The standard InChI is InChI=1S/C13H14N2O4S/c16-12(17)9-1-3-11(4-2-9)19-6-5-14-7-10-8-20-13(18)15-10/h1-4,8,14H,5-7H2,(H,15,18)(H,16,17). The minimum atomic E-state index is -0.956. The molecule has 2 rings (SSSR count). The van der Waals surface area contributed by atoms with E-state index in [4.69, 9.17) is 9.84 Å². The van der Waals surface area contributed by atoms with Crippen molar-refractivity contribution in [3.05, 3.63) is 50.6 Å². The van der Waals surface area contributed by atoms with E-state index in [0.29, 0.717) is 25.4 Å². The van der Waals surface area contributed by atoms with Gasteiger partial charge in [0.05, 0.1) is 5.56 Å².